The lowest BCUT2D eigenvalue weighted by atomic mass is 9.78. The van der Waals surface area contributed by atoms with Gasteiger partial charge in [-0.3, -0.25) is 0 Å². The summed E-state index contributed by atoms with van der Waals surface area (Å²) in [6.07, 6.45) is 5.23. The first kappa shape index (κ1) is 12.2. The standard InChI is InChI=1S/C14H17BN4O/c15-11-9-16-12-1-2-13(17-19(11)12)18-6-3-14(4-7-18)5-8-20-10-14/h1-2,9H,3-8,10H2. The normalized spacial score (nSPS) is 21.9. The second-order valence-corrected chi connectivity index (χ2v) is 5.93. The van der Waals surface area contributed by atoms with Gasteiger partial charge in [0.05, 0.1) is 6.61 Å². The molecule has 2 aliphatic heterocycles. The average Bonchev–Trinajstić information content (AvgIpc) is 3.08. The van der Waals surface area contributed by atoms with Gasteiger partial charge in [-0.1, -0.05) is 0 Å². The van der Waals surface area contributed by atoms with Gasteiger partial charge >= 0.3 is 0 Å². The molecule has 0 unspecified atom stereocenters. The minimum Gasteiger partial charge on any atom is -0.381 e. The molecule has 2 aliphatic rings. The molecule has 0 bridgehead atoms. The van der Waals surface area contributed by atoms with Crippen molar-refractivity contribution in [3.63, 3.8) is 0 Å². The van der Waals surface area contributed by atoms with Gasteiger partial charge in [0.25, 0.3) is 0 Å². The Balaban J connectivity index is 1.56. The lowest BCUT2D eigenvalue weighted by Crippen LogP contribution is -2.41. The van der Waals surface area contributed by atoms with Crippen LogP contribution >= 0.6 is 0 Å². The molecule has 0 saturated carbocycles. The minimum absolute atomic E-state index is 0.425. The van der Waals surface area contributed by atoms with Crippen molar-refractivity contribution >= 4 is 24.9 Å². The summed E-state index contributed by atoms with van der Waals surface area (Å²) >= 11 is 0. The summed E-state index contributed by atoms with van der Waals surface area (Å²) in [5, 5.41) is 4.60. The molecule has 2 fully saturated rings. The summed E-state index contributed by atoms with van der Waals surface area (Å²) in [5.41, 5.74) is 1.80. The largest absolute Gasteiger partial charge is 0.381 e. The number of anilines is 1. The van der Waals surface area contributed by atoms with Gasteiger partial charge in [0.1, 0.15) is 13.7 Å². The van der Waals surface area contributed by atoms with Crippen LogP contribution in [-0.2, 0) is 4.74 Å². The molecular formula is C14H17BN4O. The van der Waals surface area contributed by atoms with E-state index in [1.165, 1.54) is 19.3 Å². The highest BCUT2D eigenvalue weighted by Crippen LogP contribution is 2.39. The third-order valence-electron chi connectivity index (χ3n) is 4.71. The fourth-order valence-electron chi connectivity index (χ4n) is 3.30. The molecule has 0 aromatic carbocycles. The maximum Gasteiger partial charge on any atom is 0.152 e. The SMILES string of the molecule is [B]c1cnc2ccc(N3CCC4(CCOC4)CC3)nn12. The highest BCUT2D eigenvalue weighted by molar-refractivity contribution is 6.30. The van der Waals surface area contributed by atoms with E-state index in [0.29, 0.717) is 11.0 Å². The molecule has 4 heterocycles. The van der Waals surface area contributed by atoms with E-state index in [0.717, 1.165) is 37.8 Å². The third-order valence-corrected chi connectivity index (χ3v) is 4.71. The highest BCUT2D eigenvalue weighted by atomic mass is 16.5. The van der Waals surface area contributed by atoms with E-state index in [9.17, 15) is 0 Å². The molecule has 0 aliphatic carbocycles. The predicted molar refractivity (Wildman–Crippen MR) is 77.7 cm³/mol. The minimum atomic E-state index is 0.425. The molecule has 4 rings (SSSR count). The smallest absolute Gasteiger partial charge is 0.152 e. The van der Waals surface area contributed by atoms with Crippen LogP contribution in [0.3, 0.4) is 0 Å². The lowest BCUT2D eigenvalue weighted by Gasteiger charge is -2.38. The molecule has 5 nitrogen and oxygen atoms in total. The predicted octanol–water partition coefficient (Wildman–Crippen LogP) is 0.530. The summed E-state index contributed by atoms with van der Waals surface area (Å²) < 4.78 is 7.29. The number of rotatable bonds is 1. The number of imidazole rings is 1. The third kappa shape index (κ3) is 1.90. The van der Waals surface area contributed by atoms with Crippen molar-refractivity contribution in [2.24, 2.45) is 5.41 Å². The van der Waals surface area contributed by atoms with E-state index < -0.39 is 0 Å². The van der Waals surface area contributed by atoms with Crippen molar-refractivity contribution in [2.45, 2.75) is 19.3 Å². The summed E-state index contributed by atoms with van der Waals surface area (Å²) in [6, 6.07) is 4.01. The van der Waals surface area contributed by atoms with Crippen molar-refractivity contribution in [3.05, 3.63) is 18.3 Å². The number of nitrogens with zero attached hydrogens (tertiary/aromatic N) is 4. The van der Waals surface area contributed by atoms with Gasteiger partial charge in [0.15, 0.2) is 5.65 Å². The molecule has 20 heavy (non-hydrogen) atoms. The zero-order valence-electron chi connectivity index (χ0n) is 11.5. The maximum atomic E-state index is 5.87. The zero-order chi connectivity index (χ0) is 13.6. The Bertz CT molecular complexity index is 625. The van der Waals surface area contributed by atoms with Crippen LogP contribution in [-0.4, -0.2) is 48.7 Å². The Morgan fingerprint density at radius 3 is 2.80 bits per heavy atom. The van der Waals surface area contributed by atoms with Crippen LogP contribution in [0.15, 0.2) is 18.3 Å². The lowest BCUT2D eigenvalue weighted by molar-refractivity contribution is 0.133. The summed E-state index contributed by atoms with van der Waals surface area (Å²) in [7, 11) is 5.87. The molecule has 0 N–H and O–H groups in total. The number of aromatic nitrogens is 3. The summed E-state index contributed by atoms with van der Waals surface area (Å²) in [5.74, 6) is 0.982. The fraction of sp³-hybridized carbons (Fsp3) is 0.571. The Labute approximate surface area is 119 Å². The quantitative estimate of drug-likeness (QED) is 0.708. The molecule has 102 valence electrons. The van der Waals surface area contributed by atoms with Crippen molar-refractivity contribution in [1.82, 2.24) is 14.6 Å². The number of hydrogen-bond acceptors (Lipinski definition) is 4. The van der Waals surface area contributed by atoms with Crippen LogP contribution in [0.2, 0.25) is 0 Å². The van der Waals surface area contributed by atoms with Crippen LogP contribution in [0.1, 0.15) is 19.3 Å². The molecule has 1 spiro atoms. The fourth-order valence-corrected chi connectivity index (χ4v) is 3.30. The molecule has 2 aromatic rings. The van der Waals surface area contributed by atoms with Crippen LogP contribution < -0.4 is 10.5 Å². The topological polar surface area (TPSA) is 42.7 Å². The van der Waals surface area contributed by atoms with E-state index in [4.69, 9.17) is 12.6 Å². The molecule has 0 amide bonds. The number of fused-ring (bicyclic) bond motifs is 1. The van der Waals surface area contributed by atoms with E-state index >= 15 is 0 Å². The van der Waals surface area contributed by atoms with Crippen LogP contribution in [0.5, 0.6) is 0 Å². The first-order valence-electron chi connectivity index (χ1n) is 7.19. The van der Waals surface area contributed by atoms with E-state index in [-0.39, 0.29) is 0 Å². The Kier molecular flexibility index (Phi) is 2.74. The Hall–Kier alpha value is -1.56. The van der Waals surface area contributed by atoms with Gasteiger partial charge in [-0.2, -0.15) is 0 Å². The Morgan fingerprint density at radius 2 is 2.05 bits per heavy atom. The molecule has 6 heteroatoms. The van der Waals surface area contributed by atoms with Gasteiger partial charge in [0, 0.05) is 31.5 Å². The van der Waals surface area contributed by atoms with E-state index in [2.05, 4.69) is 15.0 Å². The number of hydrogen-bond donors (Lipinski definition) is 0. The van der Waals surface area contributed by atoms with Crippen molar-refractivity contribution in [3.8, 4) is 0 Å². The van der Waals surface area contributed by atoms with E-state index in [1.807, 2.05) is 12.1 Å². The Morgan fingerprint density at radius 1 is 1.20 bits per heavy atom. The molecule has 2 radical (unpaired) electrons. The summed E-state index contributed by atoms with van der Waals surface area (Å²) in [6.45, 7) is 3.94. The second kappa shape index (κ2) is 4.48. The van der Waals surface area contributed by atoms with Crippen LogP contribution in [0, 0.1) is 5.41 Å². The van der Waals surface area contributed by atoms with Crippen LogP contribution in [0.25, 0.3) is 5.65 Å². The summed E-state index contributed by atoms with van der Waals surface area (Å²) in [4.78, 5) is 6.54. The van der Waals surface area contributed by atoms with Crippen LogP contribution in [0.4, 0.5) is 5.82 Å². The molecule has 2 aromatic heterocycles. The van der Waals surface area contributed by atoms with E-state index in [1.54, 1.807) is 10.7 Å². The zero-order valence-corrected chi connectivity index (χ0v) is 11.5. The second-order valence-electron chi connectivity index (χ2n) is 5.93. The first-order chi connectivity index (χ1) is 9.76. The van der Waals surface area contributed by atoms with Gasteiger partial charge in [-0.05, 0) is 36.8 Å². The number of piperidine rings is 1. The maximum absolute atomic E-state index is 5.87. The molecular weight excluding hydrogens is 251 g/mol. The molecule has 0 atom stereocenters. The molecule has 2 saturated heterocycles. The first-order valence-corrected chi connectivity index (χ1v) is 7.19. The van der Waals surface area contributed by atoms with Gasteiger partial charge in [-0.15, -0.1) is 5.10 Å². The van der Waals surface area contributed by atoms with Crippen molar-refractivity contribution in [2.75, 3.05) is 31.2 Å². The number of ether oxygens (including phenoxy) is 1. The average molecular weight is 268 g/mol. The van der Waals surface area contributed by atoms with Gasteiger partial charge < -0.3 is 9.64 Å². The van der Waals surface area contributed by atoms with Crippen molar-refractivity contribution in [1.29, 1.82) is 0 Å². The monoisotopic (exact) mass is 268 g/mol. The highest BCUT2D eigenvalue weighted by Gasteiger charge is 2.38. The van der Waals surface area contributed by atoms with Gasteiger partial charge in [0.2, 0.25) is 0 Å². The van der Waals surface area contributed by atoms with Crippen molar-refractivity contribution < 1.29 is 4.74 Å². The van der Waals surface area contributed by atoms with Gasteiger partial charge in [-0.25, -0.2) is 9.50 Å².